The maximum absolute atomic E-state index is 12.7. The normalized spacial score (nSPS) is 10.5. The highest BCUT2D eigenvalue weighted by Crippen LogP contribution is 2.30. The first kappa shape index (κ1) is 14.1. The van der Waals surface area contributed by atoms with Gasteiger partial charge in [0, 0.05) is 5.56 Å². The molecule has 1 aromatic rings. The Labute approximate surface area is 110 Å². The molecule has 0 aromatic carbocycles. The number of alkyl halides is 2. The Morgan fingerprint density at radius 2 is 2.24 bits per heavy atom. The number of nitrogens with zero attached hydrogens (tertiary/aromatic N) is 1. The predicted molar refractivity (Wildman–Crippen MR) is 64.4 cm³/mol. The van der Waals surface area contributed by atoms with Gasteiger partial charge in [-0.2, -0.15) is 0 Å². The molecular formula is C10H10F2INO3. The van der Waals surface area contributed by atoms with Gasteiger partial charge >= 0.3 is 5.97 Å². The molecule has 0 saturated heterocycles. The largest absolute Gasteiger partial charge is 0.480 e. The molecule has 7 heteroatoms. The van der Waals surface area contributed by atoms with Crippen molar-refractivity contribution in [1.82, 2.24) is 4.98 Å². The lowest BCUT2D eigenvalue weighted by atomic mass is 10.2. The quantitative estimate of drug-likeness (QED) is 0.614. The van der Waals surface area contributed by atoms with Crippen LogP contribution in [0.15, 0.2) is 6.07 Å². The number of hydrogen-bond donors (Lipinski definition) is 0. The number of carbonyl (C=O) groups excluding carboxylic acids is 1. The van der Waals surface area contributed by atoms with E-state index in [1.165, 1.54) is 7.11 Å². The number of ether oxygens (including phenoxy) is 2. The molecule has 0 unspecified atom stereocenters. The third kappa shape index (κ3) is 3.24. The number of hydrogen-bond acceptors (Lipinski definition) is 4. The lowest BCUT2D eigenvalue weighted by Crippen LogP contribution is -2.10. The molecule has 1 heterocycles. The molecule has 0 fully saturated rings. The van der Waals surface area contributed by atoms with Gasteiger partial charge in [0.1, 0.15) is 0 Å². The van der Waals surface area contributed by atoms with Crippen LogP contribution in [-0.4, -0.2) is 24.7 Å². The van der Waals surface area contributed by atoms with Crippen molar-refractivity contribution in [3.8, 4) is 5.88 Å². The van der Waals surface area contributed by atoms with Gasteiger partial charge in [-0.3, -0.25) is 0 Å². The van der Waals surface area contributed by atoms with Crippen molar-refractivity contribution in [2.75, 3.05) is 13.7 Å². The monoisotopic (exact) mass is 357 g/mol. The van der Waals surface area contributed by atoms with Crippen LogP contribution in [0.5, 0.6) is 5.88 Å². The second-order valence-corrected chi connectivity index (χ2v) is 4.02. The standard InChI is InChI=1S/C10H10F2INO3/c1-3-17-10(15)6-4-5(8(11)12)7(13)9(14-6)16-2/h4,8H,3H2,1-2H3. The van der Waals surface area contributed by atoms with E-state index in [4.69, 9.17) is 9.47 Å². The number of halogens is 3. The number of pyridine rings is 1. The zero-order chi connectivity index (χ0) is 13.0. The summed E-state index contributed by atoms with van der Waals surface area (Å²) < 4.78 is 35.2. The summed E-state index contributed by atoms with van der Waals surface area (Å²) in [5, 5.41) is 0. The van der Waals surface area contributed by atoms with Crippen molar-refractivity contribution in [2.24, 2.45) is 0 Å². The molecule has 17 heavy (non-hydrogen) atoms. The summed E-state index contributed by atoms with van der Waals surface area (Å²) in [7, 11) is 1.30. The van der Waals surface area contributed by atoms with Gasteiger partial charge in [-0.15, -0.1) is 0 Å². The van der Waals surface area contributed by atoms with Crippen molar-refractivity contribution in [2.45, 2.75) is 13.3 Å². The van der Waals surface area contributed by atoms with Crippen molar-refractivity contribution in [1.29, 1.82) is 0 Å². The van der Waals surface area contributed by atoms with E-state index in [2.05, 4.69) is 4.98 Å². The van der Waals surface area contributed by atoms with Gasteiger partial charge in [0.25, 0.3) is 6.43 Å². The third-order valence-electron chi connectivity index (χ3n) is 1.87. The van der Waals surface area contributed by atoms with E-state index in [1.807, 2.05) is 0 Å². The highest BCUT2D eigenvalue weighted by atomic mass is 127. The smallest absolute Gasteiger partial charge is 0.357 e. The molecule has 1 aromatic heterocycles. The van der Waals surface area contributed by atoms with Gasteiger partial charge < -0.3 is 9.47 Å². The van der Waals surface area contributed by atoms with Crippen LogP contribution in [0.1, 0.15) is 29.4 Å². The SMILES string of the molecule is CCOC(=O)c1cc(C(F)F)c(I)c(OC)n1. The van der Waals surface area contributed by atoms with Crippen molar-refractivity contribution < 1.29 is 23.0 Å². The zero-order valence-electron chi connectivity index (χ0n) is 9.17. The summed E-state index contributed by atoms with van der Waals surface area (Å²) in [6.07, 6.45) is -2.70. The number of aromatic nitrogens is 1. The van der Waals surface area contributed by atoms with Gasteiger partial charge in [0.05, 0.1) is 17.3 Å². The van der Waals surface area contributed by atoms with Crippen molar-refractivity contribution >= 4 is 28.6 Å². The molecular weight excluding hydrogens is 347 g/mol. The fourth-order valence-electron chi connectivity index (χ4n) is 1.13. The molecule has 0 spiro atoms. The lowest BCUT2D eigenvalue weighted by molar-refractivity contribution is 0.0517. The molecule has 0 amide bonds. The number of esters is 1. The molecule has 0 bridgehead atoms. The number of rotatable bonds is 4. The van der Waals surface area contributed by atoms with Gasteiger partial charge in [-0.05, 0) is 35.6 Å². The van der Waals surface area contributed by atoms with E-state index >= 15 is 0 Å². The van der Waals surface area contributed by atoms with Gasteiger partial charge in [-0.1, -0.05) is 0 Å². The Morgan fingerprint density at radius 3 is 2.71 bits per heavy atom. The first-order chi connectivity index (χ1) is 8.01. The number of methoxy groups -OCH3 is 1. The van der Waals surface area contributed by atoms with Crippen LogP contribution in [0.4, 0.5) is 8.78 Å². The number of carbonyl (C=O) groups is 1. The summed E-state index contributed by atoms with van der Waals surface area (Å²) in [6, 6.07) is 1.02. The van der Waals surface area contributed by atoms with Crippen molar-refractivity contribution in [3.63, 3.8) is 0 Å². The minimum Gasteiger partial charge on any atom is -0.480 e. The molecule has 0 N–H and O–H groups in total. The topological polar surface area (TPSA) is 48.4 Å². The van der Waals surface area contributed by atoms with Crippen LogP contribution < -0.4 is 4.74 Å². The summed E-state index contributed by atoms with van der Waals surface area (Å²) in [6.45, 7) is 1.77. The van der Waals surface area contributed by atoms with Crippen LogP contribution >= 0.6 is 22.6 Å². The van der Waals surface area contributed by atoms with Gasteiger partial charge in [0.15, 0.2) is 5.69 Å². The summed E-state index contributed by atoms with van der Waals surface area (Å²) in [5.74, 6) is -0.754. The summed E-state index contributed by atoms with van der Waals surface area (Å²) in [4.78, 5) is 15.2. The molecule has 0 aliphatic rings. The minimum absolute atomic E-state index is 0.00791. The van der Waals surface area contributed by atoms with E-state index < -0.39 is 12.4 Å². The van der Waals surface area contributed by atoms with E-state index in [0.717, 1.165) is 6.07 Å². The molecule has 0 radical (unpaired) electrons. The van der Waals surface area contributed by atoms with Crippen LogP contribution in [-0.2, 0) is 4.74 Å². The highest BCUT2D eigenvalue weighted by Gasteiger charge is 2.21. The van der Waals surface area contributed by atoms with Crippen LogP contribution in [0, 0.1) is 3.57 Å². The molecule has 0 saturated carbocycles. The molecule has 4 nitrogen and oxygen atoms in total. The first-order valence-corrected chi connectivity index (χ1v) is 5.78. The Hall–Kier alpha value is -0.990. The second kappa shape index (κ2) is 6.08. The summed E-state index contributed by atoms with van der Waals surface area (Å²) in [5.41, 5.74) is -0.472. The van der Waals surface area contributed by atoms with Crippen LogP contribution in [0.3, 0.4) is 0 Å². The van der Waals surface area contributed by atoms with Gasteiger partial charge in [-0.25, -0.2) is 18.6 Å². The molecule has 0 aliphatic heterocycles. The zero-order valence-corrected chi connectivity index (χ0v) is 11.3. The average Bonchev–Trinajstić information content (AvgIpc) is 2.29. The van der Waals surface area contributed by atoms with Crippen LogP contribution in [0.2, 0.25) is 0 Å². The molecule has 94 valence electrons. The fraction of sp³-hybridized carbons (Fsp3) is 0.400. The molecule has 0 atom stereocenters. The Balaban J connectivity index is 3.25. The van der Waals surface area contributed by atoms with E-state index in [0.29, 0.717) is 0 Å². The first-order valence-electron chi connectivity index (χ1n) is 4.71. The van der Waals surface area contributed by atoms with Gasteiger partial charge in [0.2, 0.25) is 5.88 Å². The second-order valence-electron chi connectivity index (χ2n) is 2.94. The third-order valence-corrected chi connectivity index (χ3v) is 2.95. The maximum Gasteiger partial charge on any atom is 0.357 e. The van der Waals surface area contributed by atoms with E-state index in [-0.39, 0.29) is 27.3 Å². The molecule has 0 aliphatic carbocycles. The Bertz CT molecular complexity index is 426. The highest BCUT2D eigenvalue weighted by molar-refractivity contribution is 14.1. The van der Waals surface area contributed by atoms with E-state index in [1.54, 1.807) is 29.5 Å². The van der Waals surface area contributed by atoms with Crippen LogP contribution in [0.25, 0.3) is 0 Å². The fourth-order valence-corrected chi connectivity index (χ4v) is 1.86. The predicted octanol–water partition coefficient (Wildman–Crippen LogP) is 2.81. The lowest BCUT2D eigenvalue weighted by Gasteiger charge is -2.10. The van der Waals surface area contributed by atoms with Crippen molar-refractivity contribution in [3.05, 3.63) is 20.9 Å². The average molecular weight is 357 g/mol. The Kier molecular flexibility index (Phi) is 5.03. The summed E-state index contributed by atoms with van der Waals surface area (Å²) >= 11 is 1.70. The Morgan fingerprint density at radius 1 is 1.59 bits per heavy atom. The molecule has 1 rings (SSSR count). The minimum atomic E-state index is -2.70. The maximum atomic E-state index is 12.7. The van der Waals surface area contributed by atoms with E-state index in [9.17, 15) is 13.6 Å².